The normalized spacial score (nSPS) is 17.5. The Kier molecular flexibility index (Phi) is 6.64. The van der Waals surface area contributed by atoms with Crippen molar-refractivity contribution in [2.45, 2.75) is 13.0 Å². The molecule has 1 aliphatic heterocycles. The highest BCUT2D eigenvalue weighted by Crippen LogP contribution is 2.10. The van der Waals surface area contributed by atoms with E-state index >= 15 is 0 Å². The molecule has 0 saturated carbocycles. The second-order valence-electron chi connectivity index (χ2n) is 6.28. The molecule has 0 bridgehead atoms. The second-order valence-corrected chi connectivity index (χ2v) is 6.28. The summed E-state index contributed by atoms with van der Waals surface area (Å²) in [6.07, 6.45) is 0.977. The van der Waals surface area contributed by atoms with Crippen molar-refractivity contribution in [1.29, 1.82) is 0 Å². The molecule has 0 radical (unpaired) electrons. The Morgan fingerprint density at radius 3 is 2.10 bits per heavy atom. The Morgan fingerprint density at radius 1 is 0.952 bits per heavy atom. The maximum atomic E-state index is 5.59. The molecule has 0 atom stereocenters. The van der Waals surface area contributed by atoms with Crippen LogP contribution in [0.1, 0.15) is 11.1 Å². The highest BCUT2D eigenvalue weighted by molar-refractivity contribution is 5.22. The predicted molar refractivity (Wildman–Crippen MR) is 89.5 cm³/mol. The molecule has 1 saturated heterocycles. The van der Waals surface area contributed by atoms with Gasteiger partial charge in [-0.25, -0.2) is 0 Å². The predicted octanol–water partition coefficient (Wildman–Crippen LogP) is 0.867. The molecule has 2 N–H and O–H groups in total. The first-order chi connectivity index (χ1) is 10.2. The largest absolute Gasteiger partial charge is 0.330 e. The van der Waals surface area contributed by atoms with Gasteiger partial charge in [-0.1, -0.05) is 24.3 Å². The molecule has 4 heteroatoms. The van der Waals surface area contributed by atoms with E-state index in [1.807, 2.05) is 0 Å². The number of likely N-dealkylation sites (N-methyl/N-ethyl adjacent to an activating group) is 1. The first kappa shape index (κ1) is 16.4. The van der Waals surface area contributed by atoms with Crippen molar-refractivity contribution in [3.8, 4) is 0 Å². The van der Waals surface area contributed by atoms with Crippen molar-refractivity contribution in [2.75, 3.05) is 59.9 Å². The van der Waals surface area contributed by atoms with Crippen LogP contribution in [0.2, 0.25) is 0 Å². The van der Waals surface area contributed by atoms with Crippen LogP contribution in [-0.2, 0) is 13.0 Å². The molecule has 4 nitrogen and oxygen atoms in total. The van der Waals surface area contributed by atoms with Crippen LogP contribution in [-0.4, -0.2) is 74.6 Å². The fourth-order valence-corrected chi connectivity index (χ4v) is 2.75. The van der Waals surface area contributed by atoms with Crippen LogP contribution in [0.3, 0.4) is 0 Å². The lowest BCUT2D eigenvalue weighted by atomic mass is 10.1. The SMILES string of the molecule is CN(C)CCN1CCN(Cc2ccc(CCN)cc2)CC1. The molecule has 0 aromatic heterocycles. The van der Waals surface area contributed by atoms with Crippen LogP contribution in [0.4, 0.5) is 0 Å². The van der Waals surface area contributed by atoms with E-state index in [4.69, 9.17) is 5.73 Å². The van der Waals surface area contributed by atoms with Gasteiger partial charge in [-0.05, 0) is 38.2 Å². The van der Waals surface area contributed by atoms with Gasteiger partial charge in [0, 0.05) is 45.8 Å². The van der Waals surface area contributed by atoms with Crippen LogP contribution in [0.15, 0.2) is 24.3 Å². The third kappa shape index (κ3) is 5.75. The molecular formula is C17H30N4. The van der Waals surface area contributed by atoms with Gasteiger partial charge >= 0.3 is 0 Å². The van der Waals surface area contributed by atoms with Crippen molar-refractivity contribution in [3.05, 3.63) is 35.4 Å². The van der Waals surface area contributed by atoms with Gasteiger partial charge < -0.3 is 10.6 Å². The standard InChI is InChI=1S/C17H30N4/c1-19(2)9-10-20-11-13-21(14-12-20)15-17-5-3-16(4-6-17)7-8-18/h3-6H,7-15,18H2,1-2H3. The fourth-order valence-electron chi connectivity index (χ4n) is 2.75. The molecule has 1 heterocycles. The van der Waals surface area contributed by atoms with Crippen LogP contribution in [0, 0.1) is 0 Å². The van der Waals surface area contributed by atoms with E-state index in [1.54, 1.807) is 0 Å². The van der Waals surface area contributed by atoms with Crippen molar-refractivity contribution >= 4 is 0 Å². The molecule has 0 aliphatic carbocycles. The van der Waals surface area contributed by atoms with E-state index in [-0.39, 0.29) is 0 Å². The minimum Gasteiger partial charge on any atom is -0.330 e. The van der Waals surface area contributed by atoms with Gasteiger partial charge in [-0.2, -0.15) is 0 Å². The van der Waals surface area contributed by atoms with Gasteiger partial charge in [-0.3, -0.25) is 9.80 Å². The fraction of sp³-hybridized carbons (Fsp3) is 0.647. The summed E-state index contributed by atoms with van der Waals surface area (Å²) in [6.45, 7) is 8.89. The minimum atomic E-state index is 0.730. The first-order valence-electron chi connectivity index (χ1n) is 8.04. The van der Waals surface area contributed by atoms with E-state index in [0.717, 1.165) is 26.1 Å². The first-order valence-corrected chi connectivity index (χ1v) is 8.04. The summed E-state index contributed by atoms with van der Waals surface area (Å²) in [5.41, 5.74) is 8.35. The van der Waals surface area contributed by atoms with Gasteiger partial charge in [0.2, 0.25) is 0 Å². The van der Waals surface area contributed by atoms with Gasteiger partial charge in [0.15, 0.2) is 0 Å². The lowest BCUT2D eigenvalue weighted by Gasteiger charge is -2.35. The second kappa shape index (κ2) is 8.49. The Morgan fingerprint density at radius 2 is 1.52 bits per heavy atom. The molecule has 21 heavy (non-hydrogen) atoms. The highest BCUT2D eigenvalue weighted by Gasteiger charge is 2.16. The number of benzene rings is 1. The maximum Gasteiger partial charge on any atom is 0.0234 e. The number of hydrogen-bond donors (Lipinski definition) is 1. The van der Waals surface area contributed by atoms with E-state index < -0.39 is 0 Å². The minimum absolute atomic E-state index is 0.730. The summed E-state index contributed by atoms with van der Waals surface area (Å²) >= 11 is 0. The summed E-state index contributed by atoms with van der Waals surface area (Å²) in [5, 5.41) is 0. The Labute approximate surface area is 129 Å². The summed E-state index contributed by atoms with van der Waals surface area (Å²) < 4.78 is 0. The van der Waals surface area contributed by atoms with E-state index in [1.165, 1.54) is 43.9 Å². The molecule has 1 aromatic rings. The number of nitrogens with zero attached hydrogens (tertiary/aromatic N) is 3. The van der Waals surface area contributed by atoms with Gasteiger partial charge in [0.1, 0.15) is 0 Å². The monoisotopic (exact) mass is 290 g/mol. The summed E-state index contributed by atoms with van der Waals surface area (Å²) in [6, 6.07) is 8.94. The van der Waals surface area contributed by atoms with Crippen molar-refractivity contribution in [2.24, 2.45) is 5.73 Å². The van der Waals surface area contributed by atoms with Crippen LogP contribution in [0.25, 0.3) is 0 Å². The Balaban J connectivity index is 1.72. The summed E-state index contributed by atoms with van der Waals surface area (Å²) in [4.78, 5) is 7.39. The quantitative estimate of drug-likeness (QED) is 0.808. The zero-order valence-corrected chi connectivity index (χ0v) is 13.6. The Hall–Kier alpha value is -0.940. The average Bonchev–Trinajstić information content (AvgIpc) is 2.49. The summed E-state index contributed by atoms with van der Waals surface area (Å²) in [7, 11) is 4.29. The number of rotatable bonds is 7. The third-order valence-corrected chi connectivity index (χ3v) is 4.19. The lowest BCUT2D eigenvalue weighted by molar-refractivity contribution is 0.120. The van der Waals surface area contributed by atoms with Crippen molar-refractivity contribution in [3.63, 3.8) is 0 Å². The molecule has 0 amide bonds. The Bertz CT molecular complexity index is 394. The van der Waals surface area contributed by atoms with Crippen LogP contribution in [0.5, 0.6) is 0 Å². The number of nitrogens with two attached hydrogens (primary N) is 1. The lowest BCUT2D eigenvalue weighted by Crippen LogP contribution is -2.47. The number of piperazine rings is 1. The zero-order chi connectivity index (χ0) is 15.1. The molecule has 2 rings (SSSR count). The molecule has 1 aromatic carbocycles. The molecule has 118 valence electrons. The number of hydrogen-bond acceptors (Lipinski definition) is 4. The highest BCUT2D eigenvalue weighted by atomic mass is 15.3. The molecule has 1 fully saturated rings. The average molecular weight is 290 g/mol. The van der Waals surface area contributed by atoms with Gasteiger partial charge in [0.05, 0.1) is 0 Å². The summed E-state index contributed by atoms with van der Waals surface area (Å²) in [5.74, 6) is 0. The van der Waals surface area contributed by atoms with E-state index in [9.17, 15) is 0 Å². The molecular weight excluding hydrogens is 260 g/mol. The van der Waals surface area contributed by atoms with Crippen LogP contribution < -0.4 is 5.73 Å². The zero-order valence-electron chi connectivity index (χ0n) is 13.6. The molecule has 0 unspecified atom stereocenters. The van der Waals surface area contributed by atoms with Crippen molar-refractivity contribution < 1.29 is 0 Å². The maximum absolute atomic E-state index is 5.59. The molecule has 0 spiro atoms. The smallest absolute Gasteiger partial charge is 0.0234 e. The van der Waals surface area contributed by atoms with Gasteiger partial charge in [0.25, 0.3) is 0 Å². The third-order valence-electron chi connectivity index (χ3n) is 4.19. The van der Waals surface area contributed by atoms with Gasteiger partial charge in [-0.15, -0.1) is 0 Å². The topological polar surface area (TPSA) is 35.7 Å². The van der Waals surface area contributed by atoms with E-state index in [2.05, 4.69) is 53.1 Å². The van der Waals surface area contributed by atoms with E-state index in [0.29, 0.717) is 0 Å². The molecule has 1 aliphatic rings. The van der Waals surface area contributed by atoms with Crippen LogP contribution >= 0.6 is 0 Å². The van der Waals surface area contributed by atoms with Crippen molar-refractivity contribution in [1.82, 2.24) is 14.7 Å².